The second kappa shape index (κ2) is 6.50. The average Bonchev–Trinajstić information content (AvgIpc) is 2.70. The first-order valence-electron chi connectivity index (χ1n) is 8.14. The monoisotopic (exact) mass is 305 g/mol. The molecule has 0 spiro atoms. The van der Waals surface area contributed by atoms with Gasteiger partial charge in [-0.3, -0.25) is 0 Å². The predicted octanol–water partition coefficient (Wildman–Crippen LogP) is 6.05. The normalized spacial score (nSPS) is 13.4. The highest BCUT2D eigenvalue weighted by Gasteiger charge is 2.19. The van der Waals surface area contributed by atoms with Crippen molar-refractivity contribution < 1.29 is 0 Å². The third-order valence-corrected chi connectivity index (χ3v) is 4.15. The minimum Gasteiger partial charge on any atom is -0.0622 e. The van der Waals surface area contributed by atoms with Gasteiger partial charge in [0.05, 0.1) is 16.7 Å². The van der Waals surface area contributed by atoms with E-state index in [0.717, 1.165) is 11.1 Å². The van der Waals surface area contributed by atoms with Crippen LogP contribution in [0.5, 0.6) is 0 Å². The highest BCUT2D eigenvalue weighted by molar-refractivity contribution is 5.99. The highest BCUT2D eigenvalue weighted by atomic mass is 14.1. The zero-order valence-electron chi connectivity index (χ0n) is 13.3. The predicted molar refractivity (Wildman–Crippen MR) is 102 cm³/mol. The van der Waals surface area contributed by atoms with Crippen LogP contribution in [0.2, 0.25) is 0 Å². The lowest BCUT2D eigenvalue weighted by atomic mass is 9.89. The molecule has 0 aromatic heterocycles. The van der Waals surface area contributed by atoms with E-state index in [-0.39, 0.29) is 0 Å². The Morgan fingerprint density at radius 2 is 0.958 bits per heavy atom. The molecular weight excluding hydrogens is 288 g/mol. The van der Waals surface area contributed by atoms with Crippen LogP contribution in [0.3, 0.4) is 0 Å². The molecule has 0 heterocycles. The quantitative estimate of drug-likeness (QED) is 0.516. The van der Waals surface area contributed by atoms with Crippen LogP contribution in [0, 0.1) is 6.08 Å². The molecule has 0 fully saturated rings. The molecule has 3 aromatic rings. The minimum absolute atomic E-state index is 1.12. The highest BCUT2D eigenvalue weighted by Crippen LogP contribution is 2.33. The Kier molecular flexibility index (Phi) is 3.90. The Bertz CT molecular complexity index is 776. The molecule has 0 aliphatic heterocycles. The number of allylic oxidation sites excluding steroid dienone is 6. The maximum atomic E-state index is 3.59. The van der Waals surface area contributed by atoms with Crippen molar-refractivity contribution in [3.8, 4) is 0 Å². The Labute approximate surface area is 143 Å². The van der Waals surface area contributed by atoms with Crippen LogP contribution in [-0.4, -0.2) is 0 Å². The number of benzene rings is 3. The maximum absolute atomic E-state index is 3.59. The zero-order chi connectivity index (χ0) is 16.2. The Morgan fingerprint density at radius 1 is 0.458 bits per heavy atom. The summed E-state index contributed by atoms with van der Waals surface area (Å²) in [5, 5.41) is 0. The van der Waals surface area contributed by atoms with E-state index in [1.807, 2.05) is 12.1 Å². The summed E-state index contributed by atoms with van der Waals surface area (Å²) in [6.45, 7) is 0. The molecular formula is C24H17+. The number of rotatable bonds is 3. The van der Waals surface area contributed by atoms with Crippen molar-refractivity contribution in [1.29, 1.82) is 0 Å². The fourth-order valence-corrected chi connectivity index (χ4v) is 2.91. The smallest absolute Gasteiger partial charge is 0.0622 e. The summed E-state index contributed by atoms with van der Waals surface area (Å²) in [5.74, 6) is 0. The van der Waals surface area contributed by atoms with Crippen LogP contribution in [0.1, 0.15) is 16.7 Å². The maximum Gasteiger partial charge on any atom is 0.131 e. The first-order chi connectivity index (χ1) is 11.9. The summed E-state index contributed by atoms with van der Waals surface area (Å²) < 4.78 is 0. The van der Waals surface area contributed by atoms with E-state index >= 15 is 0 Å². The third-order valence-electron chi connectivity index (χ3n) is 4.15. The van der Waals surface area contributed by atoms with E-state index in [2.05, 4.69) is 97.1 Å². The molecule has 112 valence electrons. The Hall–Kier alpha value is -3.21. The SMILES string of the molecule is [C+]1=C(c2ccccc2)C=C(c2ccccc2)C=C1c1ccccc1. The van der Waals surface area contributed by atoms with Crippen LogP contribution in [0.15, 0.2) is 103 Å². The van der Waals surface area contributed by atoms with Crippen LogP contribution < -0.4 is 0 Å². The van der Waals surface area contributed by atoms with Crippen LogP contribution >= 0.6 is 0 Å². The van der Waals surface area contributed by atoms with Crippen LogP contribution in [0.25, 0.3) is 16.7 Å². The van der Waals surface area contributed by atoms with E-state index in [0.29, 0.717) is 0 Å². The van der Waals surface area contributed by atoms with E-state index < -0.39 is 0 Å². The lowest BCUT2D eigenvalue weighted by Crippen LogP contribution is -1.94. The lowest BCUT2D eigenvalue weighted by molar-refractivity contribution is 1.55. The second-order valence-corrected chi connectivity index (χ2v) is 5.79. The largest absolute Gasteiger partial charge is 0.131 e. The molecule has 0 unspecified atom stereocenters. The van der Waals surface area contributed by atoms with Gasteiger partial charge in [0.1, 0.15) is 11.1 Å². The van der Waals surface area contributed by atoms with Crippen molar-refractivity contribution in [3.05, 3.63) is 126 Å². The molecule has 0 saturated carbocycles. The van der Waals surface area contributed by atoms with Crippen LogP contribution in [0.4, 0.5) is 0 Å². The van der Waals surface area contributed by atoms with E-state index in [1.54, 1.807) is 0 Å². The van der Waals surface area contributed by atoms with Gasteiger partial charge in [-0.15, -0.1) is 0 Å². The molecule has 0 heteroatoms. The molecule has 0 bridgehead atoms. The van der Waals surface area contributed by atoms with Gasteiger partial charge in [-0.05, 0) is 29.8 Å². The van der Waals surface area contributed by atoms with Gasteiger partial charge in [0.15, 0.2) is 0 Å². The summed E-state index contributed by atoms with van der Waals surface area (Å²) in [5.41, 5.74) is 7.06. The Morgan fingerprint density at radius 3 is 1.54 bits per heavy atom. The van der Waals surface area contributed by atoms with Crippen molar-refractivity contribution in [1.82, 2.24) is 0 Å². The summed E-state index contributed by atoms with van der Waals surface area (Å²) in [6, 6.07) is 31.4. The average molecular weight is 305 g/mol. The van der Waals surface area contributed by atoms with Crippen molar-refractivity contribution >= 4 is 16.7 Å². The van der Waals surface area contributed by atoms with Gasteiger partial charge in [-0.2, -0.15) is 0 Å². The van der Waals surface area contributed by atoms with Crippen molar-refractivity contribution in [2.45, 2.75) is 0 Å². The molecule has 1 aliphatic rings. The van der Waals surface area contributed by atoms with Gasteiger partial charge >= 0.3 is 0 Å². The fraction of sp³-hybridized carbons (Fsp3) is 0. The molecule has 0 saturated heterocycles. The van der Waals surface area contributed by atoms with E-state index in [4.69, 9.17) is 0 Å². The van der Waals surface area contributed by atoms with Gasteiger partial charge in [0.2, 0.25) is 0 Å². The summed E-state index contributed by atoms with van der Waals surface area (Å²) in [6.07, 6.45) is 8.03. The number of hydrogen-bond donors (Lipinski definition) is 0. The van der Waals surface area contributed by atoms with Gasteiger partial charge in [-0.25, -0.2) is 0 Å². The summed E-state index contributed by atoms with van der Waals surface area (Å²) in [7, 11) is 0. The molecule has 0 amide bonds. The summed E-state index contributed by atoms with van der Waals surface area (Å²) >= 11 is 0. The molecule has 1 aliphatic carbocycles. The van der Waals surface area contributed by atoms with E-state index in [1.165, 1.54) is 22.3 Å². The van der Waals surface area contributed by atoms with Crippen molar-refractivity contribution in [2.75, 3.05) is 0 Å². The summed E-state index contributed by atoms with van der Waals surface area (Å²) in [4.78, 5) is 0. The standard InChI is InChI=1S/C24H17/c1-4-10-19(11-5-1)22-16-23(20-12-6-2-7-13-20)18-24(17-22)21-14-8-3-9-15-21/h1-17H/q+1. The number of hydrogen-bond acceptors (Lipinski definition) is 0. The molecule has 24 heavy (non-hydrogen) atoms. The van der Waals surface area contributed by atoms with Gasteiger partial charge in [0.25, 0.3) is 0 Å². The molecule has 3 aromatic carbocycles. The van der Waals surface area contributed by atoms with Crippen molar-refractivity contribution in [3.63, 3.8) is 0 Å². The molecule has 4 rings (SSSR count). The molecule has 0 nitrogen and oxygen atoms in total. The molecule has 0 N–H and O–H groups in total. The third kappa shape index (κ3) is 2.96. The van der Waals surface area contributed by atoms with Gasteiger partial charge < -0.3 is 0 Å². The zero-order valence-corrected chi connectivity index (χ0v) is 13.3. The lowest BCUT2D eigenvalue weighted by Gasteiger charge is -2.08. The second-order valence-electron chi connectivity index (χ2n) is 5.79. The molecule has 0 atom stereocenters. The van der Waals surface area contributed by atoms with Crippen LogP contribution in [-0.2, 0) is 0 Å². The molecule has 0 radical (unpaired) electrons. The fourth-order valence-electron chi connectivity index (χ4n) is 2.91. The van der Waals surface area contributed by atoms with Crippen molar-refractivity contribution in [2.24, 2.45) is 0 Å². The Balaban J connectivity index is 1.86. The van der Waals surface area contributed by atoms with Gasteiger partial charge in [0, 0.05) is 18.2 Å². The van der Waals surface area contributed by atoms with Gasteiger partial charge in [-0.1, -0.05) is 66.7 Å². The minimum atomic E-state index is 1.12. The topological polar surface area (TPSA) is 0 Å². The first kappa shape index (κ1) is 14.4. The van der Waals surface area contributed by atoms with E-state index in [9.17, 15) is 0 Å². The first-order valence-corrected chi connectivity index (χ1v) is 8.14.